The number of nitrogens with one attached hydrogen (secondary N) is 1. The zero-order valence-corrected chi connectivity index (χ0v) is 12.6. The van der Waals surface area contributed by atoms with Crippen LogP contribution in [0.25, 0.3) is 0 Å². The zero-order valence-electron chi connectivity index (χ0n) is 12.6. The fourth-order valence-corrected chi connectivity index (χ4v) is 3.64. The van der Waals surface area contributed by atoms with Crippen LogP contribution in [0.3, 0.4) is 0 Å². The van der Waals surface area contributed by atoms with Crippen LogP contribution in [0.1, 0.15) is 38.5 Å². The first-order chi connectivity index (χ1) is 10.2. The van der Waals surface area contributed by atoms with Gasteiger partial charge >= 0.3 is 0 Å². The van der Waals surface area contributed by atoms with Gasteiger partial charge in [-0.1, -0.05) is 25.0 Å². The van der Waals surface area contributed by atoms with Crippen LogP contribution in [-0.2, 0) is 4.79 Å². The molecule has 1 aromatic carbocycles. The first-order valence-corrected chi connectivity index (χ1v) is 8.11. The predicted molar refractivity (Wildman–Crippen MR) is 86.5 cm³/mol. The standard InChI is InChI=1S/C17H25N3O/c18-13-17(9-3-4-10-17)16(21)19-14-7-1-2-8-15(14)20-11-5-6-12-20/h1-2,7-8H,3-6,9-13,18H2,(H,19,21). The largest absolute Gasteiger partial charge is 0.370 e. The molecule has 1 aliphatic heterocycles. The minimum absolute atomic E-state index is 0.106. The molecule has 1 heterocycles. The van der Waals surface area contributed by atoms with E-state index in [0.29, 0.717) is 6.54 Å². The number of benzene rings is 1. The van der Waals surface area contributed by atoms with Crippen molar-refractivity contribution in [1.82, 2.24) is 0 Å². The summed E-state index contributed by atoms with van der Waals surface area (Å²) in [4.78, 5) is 15.1. The minimum atomic E-state index is -0.349. The summed E-state index contributed by atoms with van der Waals surface area (Å²) in [6.07, 6.45) is 6.52. The maximum atomic E-state index is 12.7. The van der Waals surface area contributed by atoms with Crippen molar-refractivity contribution in [3.63, 3.8) is 0 Å². The van der Waals surface area contributed by atoms with Gasteiger partial charge in [-0.05, 0) is 37.8 Å². The van der Waals surface area contributed by atoms with Crippen LogP contribution >= 0.6 is 0 Å². The van der Waals surface area contributed by atoms with Crippen molar-refractivity contribution in [3.8, 4) is 0 Å². The Labute approximate surface area is 126 Å². The van der Waals surface area contributed by atoms with E-state index in [1.165, 1.54) is 12.8 Å². The normalized spacial score (nSPS) is 20.7. The van der Waals surface area contributed by atoms with Crippen molar-refractivity contribution in [1.29, 1.82) is 0 Å². The molecule has 2 aliphatic rings. The van der Waals surface area contributed by atoms with Crippen LogP contribution in [0.4, 0.5) is 11.4 Å². The van der Waals surface area contributed by atoms with E-state index in [2.05, 4.69) is 16.3 Å². The molecule has 0 radical (unpaired) electrons. The van der Waals surface area contributed by atoms with Crippen molar-refractivity contribution in [2.75, 3.05) is 29.9 Å². The number of nitrogens with two attached hydrogens (primary N) is 1. The van der Waals surface area contributed by atoms with E-state index in [1.807, 2.05) is 18.2 Å². The van der Waals surface area contributed by atoms with Crippen molar-refractivity contribution < 1.29 is 4.79 Å². The van der Waals surface area contributed by atoms with Gasteiger partial charge in [0, 0.05) is 19.6 Å². The van der Waals surface area contributed by atoms with Crippen molar-refractivity contribution in [2.24, 2.45) is 11.1 Å². The van der Waals surface area contributed by atoms with Crippen LogP contribution < -0.4 is 16.0 Å². The third-order valence-corrected chi connectivity index (χ3v) is 5.03. The summed E-state index contributed by atoms with van der Waals surface area (Å²) in [6, 6.07) is 8.13. The maximum Gasteiger partial charge on any atom is 0.231 e. The molecule has 0 atom stereocenters. The van der Waals surface area contributed by atoms with Crippen molar-refractivity contribution in [3.05, 3.63) is 24.3 Å². The zero-order chi connectivity index (χ0) is 14.7. The lowest BCUT2D eigenvalue weighted by molar-refractivity contribution is -0.124. The van der Waals surface area contributed by atoms with Gasteiger partial charge in [-0.25, -0.2) is 0 Å². The molecule has 1 aliphatic carbocycles. The number of anilines is 2. The van der Waals surface area contributed by atoms with E-state index in [1.54, 1.807) is 0 Å². The average Bonchev–Trinajstić information content (AvgIpc) is 3.20. The number of para-hydroxylation sites is 2. The lowest BCUT2D eigenvalue weighted by Gasteiger charge is -2.28. The Morgan fingerprint density at radius 1 is 1.14 bits per heavy atom. The summed E-state index contributed by atoms with van der Waals surface area (Å²) in [5.41, 5.74) is 7.64. The number of carbonyl (C=O) groups is 1. The highest BCUT2D eigenvalue weighted by molar-refractivity contribution is 5.98. The molecular formula is C17H25N3O. The van der Waals surface area contributed by atoms with Gasteiger partial charge < -0.3 is 16.0 Å². The third-order valence-electron chi connectivity index (χ3n) is 5.03. The van der Waals surface area contributed by atoms with Gasteiger partial charge in [0.2, 0.25) is 5.91 Å². The lowest BCUT2D eigenvalue weighted by atomic mass is 9.85. The second-order valence-electron chi connectivity index (χ2n) is 6.36. The minimum Gasteiger partial charge on any atom is -0.370 e. The first kappa shape index (κ1) is 14.4. The summed E-state index contributed by atoms with van der Waals surface area (Å²) in [7, 11) is 0. The van der Waals surface area contributed by atoms with Crippen LogP contribution in [0.2, 0.25) is 0 Å². The van der Waals surface area contributed by atoms with E-state index < -0.39 is 0 Å². The Balaban J connectivity index is 1.79. The Bertz CT molecular complexity index is 503. The van der Waals surface area contributed by atoms with E-state index in [9.17, 15) is 4.79 Å². The average molecular weight is 287 g/mol. The highest BCUT2D eigenvalue weighted by atomic mass is 16.2. The predicted octanol–water partition coefficient (Wildman–Crippen LogP) is 2.74. The highest BCUT2D eigenvalue weighted by Crippen LogP contribution is 2.39. The Kier molecular flexibility index (Phi) is 4.15. The summed E-state index contributed by atoms with van der Waals surface area (Å²) in [5, 5.41) is 3.16. The van der Waals surface area contributed by atoms with Crippen LogP contribution in [-0.4, -0.2) is 25.5 Å². The fourth-order valence-electron chi connectivity index (χ4n) is 3.64. The number of hydrogen-bond donors (Lipinski definition) is 2. The Morgan fingerprint density at radius 2 is 1.81 bits per heavy atom. The topological polar surface area (TPSA) is 58.4 Å². The van der Waals surface area contributed by atoms with Gasteiger partial charge in [0.1, 0.15) is 0 Å². The van der Waals surface area contributed by atoms with Gasteiger partial charge in [0.25, 0.3) is 0 Å². The van der Waals surface area contributed by atoms with Gasteiger partial charge in [0.15, 0.2) is 0 Å². The molecule has 0 unspecified atom stereocenters. The molecule has 114 valence electrons. The Hall–Kier alpha value is -1.55. The fraction of sp³-hybridized carbons (Fsp3) is 0.588. The van der Waals surface area contributed by atoms with Gasteiger partial charge in [0.05, 0.1) is 16.8 Å². The van der Waals surface area contributed by atoms with Crippen molar-refractivity contribution >= 4 is 17.3 Å². The maximum absolute atomic E-state index is 12.7. The number of hydrogen-bond acceptors (Lipinski definition) is 3. The summed E-state index contributed by atoms with van der Waals surface area (Å²) in [5.74, 6) is 0.106. The molecule has 3 N–H and O–H groups in total. The van der Waals surface area contributed by atoms with Crippen molar-refractivity contribution in [2.45, 2.75) is 38.5 Å². The number of carbonyl (C=O) groups excluding carboxylic acids is 1. The van der Waals surface area contributed by atoms with E-state index in [0.717, 1.165) is 50.1 Å². The van der Waals surface area contributed by atoms with E-state index >= 15 is 0 Å². The van der Waals surface area contributed by atoms with Gasteiger partial charge in [-0.3, -0.25) is 4.79 Å². The molecular weight excluding hydrogens is 262 g/mol. The molecule has 2 fully saturated rings. The molecule has 1 amide bonds. The third kappa shape index (κ3) is 2.77. The quantitative estimate of drug-likeness (QED) is 0.895. The SMILES string of the molecule is NCC1(C(=O)Nc2ccccc2N2CCCC2)CCCC1. The second kappa shape index (κ2) is 6.06. The molecule has 21 heavy (non-hydrogen) atoms. The molecule has 4 heteroatoms. The summed E-state index contributed by atoms with van der Waals surface area (Å²) >= 11 is 0. The highest BCUT2D eigenvalue weighted by Gasteiger charge is 2.40. The van der Waals surface area contributed by atoms with Crippen LogP contribution in [0, 0.1) is 5.41 Å². The monoisotopic (exact) mass is 287 g/mol. The van der Waals surface area contributed by atoms with E-state index in [-0.39, 0.29) is 11.3 Å². The number of nitrogens with zero attached hydrogens (tertiary/aromatic N) is 1. The molecule has 1 aromatic rings. The summed E-state index contributed by atoms with van der Waals surface area (Å²) in [6.45, 7) is 2.61. The van der Waals surface area contributed by atoms with Crippen LogP contribution in [0.15, 0.2) is 24.3 Å². The molecule has 1 saturated heterocycles. The number of rotatable bonds is 4. The first-order valence-electron chi connectivity index (χ1n) is 8.11. The smallest absolute Gasteiger partial charge is 0.231 e. The molecule has 3 rings (SSSR count). The molecule has 0 aromatic heterocycles. The van der Waals surface area contributed by atoms with Gasteiger partial charge in [-0.15, -0.1) is 0 Å². The molecule has 0 spiro atoms. The Morgan fingerprint density at radius 3 is 2.48 bits per heavy atom. The van der Waals surface area contributed by atoms with Gasteiger partial charge in [-0.2, -0.15) is 0 Å². The lowest BCUT2D eigenvalue weighted by Crippen LogP contribution is -2.40. The second-order valence-corrected chi connectivity index (χ2v) is 6.36. The molecule has 1 saturated carbocycles. The van der Waals surface area contributed by atoms with Crippen LogP contribution in [0.5, 0.6) is 0 Å². The molecule has 0 bridgehead atoms. The summed E-state index contributed by atoms with van der Waals surface area (Å²) < 4.78 is 0. The van der Waals surface area contributed by atoms with E-state index in [4.69, 9.17) is 5.73 Å². The number of amides is 1. The molecule has 4 nitrogen and oxygen atoms in total.